The second-order valence-corrected chi connectivity index (χ2v) is 9.80. The minimum absolute atomic E-state index is 0.0560. The molecule has 1 atom stereocenters. The lowest BCUT2D eigenvalue weighted by Gasteiger charge is -2.22. The zero-order valence-corrected chi connectivity index (χ0v) is 23.7. The van der Waals surface area contributed by atoms with Crippen LogP contribution < -0.4 is 26.6 Å². The lowest BCUT2D eigenvalue weighted by atomic mass is 10.0. The Morgan fingerprint density at radius 3 is 2.41 bits per heavy atom. The van der Waals surface area contributed by atoms with Crippen LogP contribution in [0.3, 0.4) is 0 Å². The largest absolute Gasteiger partial charge is 0.493 e. The van der Waals surface area contributed by atoms with Crippen molar-refractivity contribution in [3.05, 3.63) is 93.5 Å². The highest BCUT2D eigenvalue weighted by molar-refractivity contribution is 9.10. The summed E-state index contributed by atoms with van der Waals surface area (Å²) in [6.07, 6.45) is 0. The van der Waals surface area contributed by atoms with Gasteiger partial charge in [-0.25, -0.2) is 0 Å². The van der Waals surface area contributed by atoms with Crippen molar-refractivity contribution < 1.29 is 19.1 Å². The van der Waals surface area contributed by atoms with Gasteiger partial charge < -0.3 is 20.5 Å². The highest BCUT2D eigenvalue weighted by Crippen LogP contribution is 2.28. The molecule has 0 saturated heterocycles. The highest BCUT2D eigenvalue weighted by atomic mass is 79.9. The van der Waals surface area contributed by atoms with Crippen LogP contribution in [0.5, 0.6) is 5.75 Å². The summed E-state index contributed by atoms with van der Waals surface area (Å²) in [5.41, 5.74) is 13.6. The van der Waals surface area contributed by atoms with E-state index in [0.717, 1.165) is 10.0 Å². The molecule has 0 aliphatic heterocycles. The molecule has 0 spiro atoms. The van der Waals surface area contributed by atoms with Gasteiger partial charge in [0, 0.05) is 26.9 Å². The number of nitrogens with two attached hydrogens (primary N) is 1. The number of amides is 2. The monoisotopic (exact) mass is 596 g/mol. The average Bonchev–Trinajstić information content (AvgIpc) is 2.91. The number of rotatable bonds is 12. The summed E-state index contributed by atoms with van der Waals surface area (Å²) in [6.45, 7) is 3.11. The van der Waals surface area contributed by atoms with Gasteiger partial charge in [0.2, 0.25) is 0 Å². The molecule has 0 heterocycles. The van der Waals surface area contributed by atoms with Crippen molar-refractivity contribution in [3.63, 3.8) is 0 Å². The molecule has 1 unspecified atom stereocenters. The number of benzene rings is 3. The summed E-state index contributed by atoms with van der Waals surface area (Å²) < 4.78 is 12.3. The minimum atomic E-state index is -0.896. The molecule has 10 nitrogen and oxygen atoms in total. The molecule has 6 N–H and O–H groups in total. The fourth-order valence-corrected chi connectivity index (χ4v) is 4.00. The molecular formula is C28H33BrN6O4. The molecule has 39 heavy (non-hydrogen) atoms. The number of amidine groups is 1. The Hall–Kier alpha value is -3.93. The van der Waals surface area contributed by atoms with Gasteiger partial charge in [0.1, 0.15) is 17.6 Å². The maximum Gasteiger partial charge on any atom is 0.269 e. The third kappa shape index (κ3) is 8.81. The van der Waals surface area contributed by atoms with Crippen LogP contribution in [0.25, 0.3) is 0 Å². The number of ether oxygens (including phenoxy) is 2. The molecule has 2 amide bonds. The number of hydrogen-bond donors (Lipinski definition) is 5. The molecule has 3 aromatic rings. The molecule has 0 fully saturated rings. The van der Waals surface area contributed by atoms with Gasteiger partial charge in [-0.3, -0.25) is 30.7 Å². The zero-order valence-electron chi connectivity index (χ0n) is 22.1. The van der Waals surface area contributed by atoms with E-state index in [1.165, 1.54) is 0 Å². The van der Waals surface area contributed by atoms with Gasteiger partial charge in [0.25, 0.3) is 11.8 Å². The number of carbonyl (C=O) groups is 2. The van der Waals surface area contributed by atoms with Crippen molar-refractivity contribution in [2.45, 2.75) is 19.6 Å². The fraction of sp³-hybridized carbons (Fsp3) is 0.250. The van der Waals surface area contributed by atoms with E-state index in [0.29, 0.717) is 48.1 Å². The minimum Gasteiger partial charge on any atom is -0.493 e. The highest BCUT2D eigenvalue weighted by Gasteiger charge is 2.23. The lowest BCUT2D eigenvalue weighted by Crippen LogP contribution is -2.45. The second-order valence-electron chi connectivity index (χ2n) is 8.88. The van der Waals surface area contributed by atoms with Gasteiger partial charge >= 0.3 is 0 Å². The fourth-order valence-electron chi connectivity index (χ4n) is 3.60. The number of nitrogens with zero attached hydrogens (tertiary/aromatic N) is 1. The second kappa shape index (κ2) is 14.3. The van der Waals surface area contributed by atoms with E-state index >= 15 is 0 Å². The van der Waals surface area contributed by atoms with E-state index < -0.39 is 17.9 Å². The summed E-state index contributed by atoms with van der Waals surface area (Å²) in [6, 6.07) is 18.2. The Morgan fingerprint density at radius 2 is 1.77 bits per heavy atom. The first-order valence-electron chi connectivity index (χ1n) is 12.2. The quantitative estimate of drug-likeness (QED) is 0.0926. The maximum atomic E-state index is 13.4. The van der Waals surface area contributed by atoms with Crippen LogP contribution in [0, 0.1) is 5.41 Å². The summed E-state index contributed by atoms with van der Waals surface area (Å²) in [5.74, 6) is -0.413. The first-order valence-corrected chi connectivity index (χ1v) is 13.0. The molecule has 3 aromatic carbocycles. The van der Waals surface area contributed by atoms with Crippen LogP contribution in [0.4, 0.5) is 5.69 Å². The molecular weight excluding hydrogens is 564 g/mol. The van der Waals surface area contributed by atoms with E-state index in [-0.39, 0.29) is 5.84 Å². The van der Waals surface area contributed by atoms with Crippen LogP contribution in [0.2, 0.25) is 0 Å². The molecule has 0 aliphatic carbocycles. The van der Waals surface area contributed by atoms with Crippen LogP contribution in [0.15, 0.2) is 71.2 Å². The molecule has 206 valence electrons. The predicted molar refractivity (Wildman–Crippen MR) is 155 cm³/mol. The van der Waals surface area contributed by atoms with Crippen molar-refractivity contribution in [1.29, 1.82) is 5.41 Å². The summed E-state index contributed by atoms with van der Waals surface area (Å²) in [7, 11) is 3.83. The summed E-state index contributed by atoms with van der Waals surface area (Å²) in [5, 5.41) is 10.8. The Balaban J connectivity index is 1.86. The molecule has 0 aromatic heterocycles. The normalized spacial score (nSPS) is 11.5. The first-order chi connectivity index (χ1) is 18.7. The smallest absolute Gasteiger partial charge is 0.269 e. The number of hydrogen-bond acceptors (Lipinski definition) is 7. The van der Waals surface area contributed by atoms with Crippen molar-refractivity contribution >= 4 is 39.3 Å². The number of nitrogen functional groups attached to an aromatic ring is 1. The van der Waals surface area contributed by atoms with Crippen molar-refractivity contribution in [2.75, 3.05) is 32.7 Å². The van der Waals surface area contributed by atoms with Gasteiger partial charge in [-0.1, -0.05) is 34.1 Å². The molecule has 11 heteroatoms. The molecule has 0 radical (unpaired) electrons. The van der Waals surface area contributed by atoms with Gasteiger partial charge in [-0.05, 0) is 75.1 Å². The third-order valence-electron chi connectivity index (χ3n) is 5.49. The topological polar surface area (TPSA) is 142 Å². The van der Waals surface area contributed by atoms with E-state index in [2.05, 4.69) is 32.1 Å². The van der Waals surface area contributed by atoms with E-state index in [1.807, 2.05) is 38.1 Å². The van der Waals surface area contributed by atoms with Crippen molar-refractivity contribution in [3.8, 4) is 5.75 Å². The molecule has 0 saturated carbocycles. The van der Waals surface area contributed by atoms with Crippen LogP contribution >= 0.6 is 15.9 Å². The number of halogens is 1. The van der Waals surface area contributed by atoms with E-state index in [4.69, 9.17) is 20.6 Å². The number of anilines is 1. The first kappa shape index (κ1) is 29.6. The Morgan fingerprint density at radius 1 is 1.03 bits per heavy atom. The van der Waals surface area contributed by atoms with Gasteiger partial charge in [-0.2, -0.15) is 0 Å². The maximum absolute atomic E-state index is 13.4. The molecule has 0 aliphatic rings. The number of carbonyl (C=O) groups excluding carboxylic acids is 2. The van der Waals surface area contributed by atoms with Crippen LogP contribution in [0.1, 0.15) is 40.0 Å². The SMILES string of the molecule is CCOc1cc(C(Nc2ccc(C(=N)N)cc2)C(=O)NNC(=O)c2cccc(Br)c2)ccc1COCN(C)C. The number of nitrogens with one attached hydrogen (secondary N) is 4. The van der Waals surface area contributed by atoms with Gasteiger partial charge in [-0.15, -0.1) is 0 Å². The Labute approximate surface area is 236 Å². The van der Waals surface area contributed by atoms with Crippen LogP contribution in [-0.4, -0.2) is 50.0 Å². The standard InChI is InChI=1S/C28H33BrN6O4/c1-4-39-24-15-19(8-9-21(24)16-38-17-35(2)3)25(32-23-12-10-18(11-13-23)26(30)31)28(37)34-33-27(36)20-6-5-7-22(29)14-20/h5-15,25,32H,4,16-17H2,1-3H3,(H3,30,31)(H,33,36)(H,34,37). The van der Waals surface area contributed by atoms with Crippen LogP contribution in [-0.2, 0) is 16.1 Å². The van der Waals surface area contributed by atoms with Gasteiger partial charge in [0.15, 0.2) is 0 Å². The van der Waals surface area contributed by atoms with Gasteiger partial charge in [0.05, 0.1) is 19.9 Å². The average molecular weight is 598 g/mol. The zero-order chi connectivity index (χ0) is 28.4. The number of hydrazine groups is 1. The molecule has 3 rings (SSSR count). The third-order valence-corrected chi connectivity index (χ3v) is 5.98. The van der Waals surface area contributed by atoms with E-state index in [9.17, 15) is 9.59 Å². The molecule has 0 bridgehead atoms. The lowest BCUT2D eigenvalue weighted by molar-refractivity contribution is -0.122. The van der Waals surface area contributed by atoms with Crippen molar-refractivity contribution in [1.82, 2.24) is 15.8 Å². The summed E-state index contributed by atoms with van der Waals surface area (Å²) >= 11 is 3.34. The Bertz CT molecular complexity index is 1300. The van der Waals surface area contributed by atoms with E-state index in [1.54, 1.807) is 54.6 Å². The van der Waals surface area contributed by atoms with Crippen molar-refractivity contribution in [2.24, 2.45) is 5.73 Å². The summed E-state index contributed by atoms with van der Waals surface area (Å²) in [4.78, 5) is 27.9. The predicted octanol–water partition coefficient (Wildman–Crippen LogP) is 3.78. The Kier molecular flexibility index (Phi) is 10.9.